The van der Waals surface area contributed by atoms with Gasteiger partial charge in [-0.15, -0.1) is 11.3 Å². The number of amides is 1. The van der Waals surface area contributed by atoms with Crippen molar-refractivity contribution in [3.05, 3.63) is 50.4 Å². The van der Waals surface area contributed by atoms with Crippen molar-refractivity contribution in [3.8, 4) is 0 Å². The Morgan fingerprint density at radius 2 is 2.00 bits per heavy atom. The van der Waals surface area contributed by atoms with E-state index in [1.807, 2.05) is 23.1 Å². The van der Waals surface area contributed by atoms with Gasteiger partial charge in [-0.3, -0.25) is 9.59 Å². The van der Waals surface area contributed by atoms with Crippen LogP contribution in [0.25, 0.3) is 21.3 Å². The summed E-state index contributed by atoms with van der Waals surface area (Å²) in [5.41, 5.74) is 3.38. The van der Waals surface area contributed by atoms with Crippen molar-refractivity contribution in [1.82, 2.24) is 23.6 Å². The maximum Gasteiger partial charge on any atom is 0.259 e. The maximum atomic E-state index is 13.1. The molecule has 2 aliphatic rings. The maximum absolute atomic E-state index is 13.1. The quantitative estimate of drug-likeness (QED) is 0.499. The van der Waals surface area contributed by atoms with Gasteiger partial charge >= 0.3 is 0 Å². The van der Waals surface area contributed by atoms with Crippen molar-refractivity contribution < 1.29 is 4.79 Å². The molecule has 0 radical (unpaired) electrons. The highest BCUT2D eigenvalue weighted by Gasteiger charge is 2.28. The predicted octanol–water partition coefficient (Wildman–Crippen LogP) is 3.89. The monoisotopic (exact) mass is 451 g/mol. The summed E-state index contributed by atoms with van der Waals surface area (Å²) in [7, 11) is 0. The summed E-state index contributed by atoms with van der Waals surface area (Å²) in [6.45, 7) is 1.27. The number of aromatic nitrogens is 4. The number of aryl methyl sites for hydroxylation is 2. The molecule has 7 nitrogen and oxygen atoms in total. The Morgan fingerprint density at radius 1 is 1.13 bits per heavy atom. The first-order valence-corrected chi connectivity index (χ1v) is 12.3. The molecule has 0 unspecified atom stereocenters. The molecule has 1 fully saturated rings. The van der Waals surface area contributed by atoms with E-state index >= 15 is 0 Å². The van der Waals surface area contributed by atoms with E-state index in [0.29, 0.717) is 24.5 Å². The van der Waals surface area contributed by atoms with Gasteiger partial charge in [-0.25, -0.2) is 4.98 Å². The second kappa shape index (κ2) is 7.49. The van der Waals surface area contributed by atoms with E-state index in [1.54, 1.807) is 11.3 Å². The van der Waals surface area contributed by atoms with Gasteiger partial charge in [-0.2, -0.15) is 8.75 Å². The van der Waals surface area contributed by atoms with Crippen molar-refractivity contribution in [1.29, 1.82) is 0 Å². The normalized spacial score (nSPS) is 19.1. The number of fused-ring (bicyclic) bond motifs is 4. The lowest BCUT2D eigenvalue weighted by molar-refractivity contribution is 0.0704. The number of carbonyl (C=O) groups is 1. The third kappa shape index (κ3) is 3.27. The molecule has 0 spiro atoms. The molecule has 1 saturated heterocycles. The Kier molecular flexibility index (Phi) is 4.61. The molecule has 3 aromatic heterocycles. The molecule has 0 saturated carbocycles. The summed E-state index contributed by atoms with van der Waals surface area (Å²) in [4.78, 5) is 38.1. The van der Waals surface area contributed by atoms with Gasteiger partial charge in [-0.1, -0.05) is 0 Å². The molecule has 1 aliphatic heterocycles. The minimum absolute atomic E-state index is 0.00499. The van der Waals surface area contributed by atoms with Crippen molar-refractivity contribution in [2.24, 2.45) is 0 Å². The smallest absolute Gasteiger partial charge is 0.259 e. The van der Waals surface area contributed by atoms with E-state index < -0.39 is 0 Å². The first-order chi connectivity index (χ1) is 15.2. The van der Waals surface area contributed by atoms with Gasteiger partial charge in [0, 0.05) is 29.4 Å². The van der Waals surface area contributed by atoms with Crippen molar-refractivity contribution in [2.45, 2.75) is 44.4 Å². The molecule has 9 heteroatoms. The van der Waals surface area contributed by atoms with E-state index in [1.165, 1.54) is 16.9 Å². The average Bonchev–Trinajstić information content (AvgIpc) is 3.42. The van der Waals surface area contributed by atoms with Crippen molar-refractivity contribution >= 4 is 50.2 Å². The summed E-state index contributed by atoms with van der Waals surface area (Å²) in [5, 5.41) is 0.789. The Labute approximate surface area is 186 Å². The van der Waals surface area contributed by atoms with Crippen LogP contribution in [0.15, 0.2) is 23.0 Å². The number of thiophene rings is 1. The van der Waals surface area contributed by atoms with Crippen LogP contribution in [0.1, 0.15) is 58.2 Å². The second-order valence-corrected chi connectivity index (χ2v) is 10.0. The highest BCUT2D eigenvalue weighted by molar-refractivity contribution is 7.18. The van der Waals surface area contributed by atoms with Gasteiger partial charge < -0.3 is 9.88 Å². The number of likely N-dealkylation sites (tertiary alicyclic amines) is 1. The molecule has 1 N–H and O–H groups in total. The summed E-state index contributed by atoms with van der Waals surface area (Å²) in [6.07, 6.45) is 6.16. The van der Waals surface area contributed by atoms with Crippen molar-refractivity contribution in [3.63, 3.8) is 0 Å². The molecule has 6 rings (SSSR count). The first-order valence-electron chi connectivity index (χ1n) is 10.7. The van der Waals surface area contributed by atoms with Gasteiger partial charge in [0.1, 0.15) is 21.7 Å². The fourth-order valence-electron chi connectivity index (χ4n) is 4.86. The van der Waals surface area contributed by atoms with Crippen molar-refractivity contribution in [2.75, 3.05) is 13.1 Å². The fraction of sp³-hybridized carbons (Fsp3) is 0.409. The minimum Gasteiger partial charge on any atom is -0.338 e. The van der Waals surface area contributed by atoms with Crippen LogP contribution in [0.5, 0.6) is 0 Å². The molecule has 0 bridgehead atoms. The molecule has 4 aromatic rings. The van der Waals surface area contributed by atoms with E-state index in [9.17, 15) is 9.59 Å². The summed E-state index contributed by atoms with van der Waals surface area (Å²) in [5.74, 6) is 0.751. The zero-order valence-corrected chi connectivity index (χ0v) is 18.5. The Balaban J connectivity index is 1.29. The van der Waals surface area contributed by atoms with E-state index in [0.717, 1.165) is 65.1 Å². The van der Waals surface area contributed by atoms with Crippen LogP contribution in [0, 0.1) is 0 Å². The van der Waals surface area contributed by atoms with Crippen LogP contribution < -0.4 is 5.56 Å². The lowest BCUT2D eigenvalue weighted by Gasteiger charge is -2.32. The van der Waals surface area contributed by atoms with Crippen LogP contribution in [-0.4, -0.2) is 42.6 Å². The average molecular weight is 452 g/mol. The third-order valence-corrected chi connectivity index (χ3v) is 8.18. The molecule has 4 heterocycles. The number of carbonyl (C=O) groups excluding carboxylic acids is 1. The number of nitrogens with zero attached hydrogens (tertiary/aromatic N) is 4. The van der Waals surface area contributed by atoms with E-state index in [4.69, 9.17) is 4.98 Å². The zero-order chi connectivity index (χ0) is 20.9. The van der Waals surface area contributed by atoms with E-state index in [2.05, 4.69) is 13.7 Å². The van der Waals surface area contributed by atoms with Crippen LogP contribution >= 0.6 is 23.1 Å². The number of hydrogen-bond acceptors (Lipinski definition) is 7. The number of nitrogens with one attached hydrogen (secondary N) is 1. The van der Waals surface area contributed by atoms with Crippen LogP contribution in [0.4, 0.5) is 0 Å². The molecule has 158 valence electrons. The third-order valence-electron chi connectivity index (χ3n) is 6.44. The topological polar surface area (TPSA) is 91.8 Å². The summed E-state index contributed by atoms with van der Waals surface area (Å²) in [6, 6.07) is 5.48. The summed E-state index contributed by atoms with van der Waals surface area (Å²) >= 11 is 2.83. The number of rotatable bonds is 2. The SMILES string of the molecule is O=C(c1ccc2nsnc2c1)N1CCC[C@H](c2nc3sc4c(c3c(=O)[nH]2)CCCC4)C1. The molecule has 1 aliphatic carbocycles. The Hall–Kier alpha value is -2.65. The summed E-state index contributed by atoms with van der Waals surface area (Å²) < 4.78 is 8.45. The minimum atomic E-state index is -0.0238. The zero-order valence-electron chi connectivity index (χ0n) is 16.9. The van der Waals surface area contributed by atoms with Gasteiger partial charge in [0.15, 0.2) is 0 Å². The van der Waals surface area contributed by atoms with E-state index in [-0.39, 0.29) is 17.4 Å². The van der Waals surface area contributed by atoms with Gasteiger partial charge in [0.25, 0.3) is 11.5 Å². The number of H-pyrrole nitrogens is 1. The van der Waals surface area contributed by atoms with Gasteiger partial charge in [0.2, 0.25) is 0 Å². The van der Waals surface area contributed by atoms with Crippen LogP contribution in [0.3, 0.4) is 0 Å². The Bertz CT molecular complexity index is 1370. The molecule has 31 heavy (non-hydrogen) atoms. The highest BCUT2D eigenvalue weighted by Crippen LogP contribution is 2.34. The molecular formula is C22H21N5O2S2. The van der Waals surface area contributed by atoms with Gasteiger partial charge in [0.05, 0.1) is 17.1 Å². The lowest BCUT2D eigenvalue weighted by Crippen LogP contribution is -2.39. The molecule has 1 amide bonds. The van der Waals surface area contributed by atoms with Gasteiger partial charge in [-0.05, 0) is 62.3 Å². The Morgan fingerprint density at radius 3 is 2.94 bits per heavy atom. The fourth-order valence-corrected chi connectivity index (χ4v) is 6.64. The first kappa shape index (κ1) is 19.1. The van der Waals surface area contributed by atoms with Crippen LogP contribution in [0.2, 0.25) is 0 Å². The molecule has 1 atom stereocenters. The number of piperidine rings is 1. The number of hydrogen-bond donors (Lipinski definition) is 1. The molecular weight excluding hydrogens is 430 g/mol. The second-order valence-electron chi connectivity index (χ2n) is 8.40. The number of benzene rings is 1. The predicted molar refractivity (Wildman–Crippen MR) is 122 cm³/mol. The largest absolute Gasteiger partial charge is 0.338 e. The van der Waals surface area contributed by atoms with Crippen LogP contribution in [-0.2, 0) is 12.8 Å². The standard InChI is InChI=1S/C22H21N5O2S2/c28-20-18-14-5-1-2-6-17(14)30-21(18)24-19(23-20)13-4-3-9-27(11-13)22(29)12-7-8-15-16(10-12)26-31-25-15/h7-8,10,13H,1-6,9,11H2,(H,23,24,28)/t13-/m0/s1. The molecule has 1 aromatic carbocycles. The lowest BCUT2D eigenvalue weighted by atomic mass is 9.95. The highest BCUT2D eigenvalue weighted by atomic mass is 32.1. The number of aromatic amines is 1.